The molecule has 2 aliphatic rings. The Kier molecular flexibility index (Phi) is 3.76. The Morgan fingerprint density at radius 3 is 2.74 bits per heavy atom. The topological polar surface area (TPSA) is 77.8 Å². The number of carboxylic acids is 1. The summed E-state index contributed by atoms with van der Waals surface area (Å²) in [6.07, 6.45) is 3.35. The third-order valence-electron chi connectivity index (χ3n) is 5.23. The van der Waals surface area contributed by atoms with Crippen LogP contribution in [-0.2, 0) is 4.79 Å². The van der Waals surface area contributed by atoms with Crippen LogP contribution in [0.15, 0.2) is 11.6 Å². The average molecular weight is 268 g/mol. The van der Waals surface area contributed by atoms with E-state index in [2.05, 4.69) is 0 Å². The van der Waals surface area contributed by atoms with E-state index in [1.54, 1.807) is 6.92 Å². The fourth-order valence-corrected chi connectivity index (χ4v) is 3.81. The number of hydrogen-bond acceptors (Lipinski definition) is 3. The molecule has 0 aromatic carbocycles. The molecule has 6 atom stereocenters. The van der Waals surface area contributed by atoms with Crippen molar-refractivity contribution < 1.29 is 20.1 Å². The van der Waals surface area contributed by atoms with E-state index in [9.17, 15) is 20.1 Å². The largest absolute Gasteiger partial charge is 0.481 e. The van der Waals surface area contributed by atoms with Gasteiger partial charge in [0, 0.05) is 0 Å². The van der Waals surface area contributed by atoms with Crippen LogP contribution in [0.4, 0.5) is 0 Å². The molecule has 1 unspecified atom stereocenters. The maximum Gasteiger partial charge on any atom is 0.306 e. The van der Waals surface area contributed by atoms with Crippen molar-refractivity contribution in [2.24, 2.45) is 23.7 Å². The Morgan fingerprint density at radius 1 is 1.53 bits per heavy atom. The average Bonchev–Trinajstić information content (AvgIpc) is 2.31. The second-order valence-electron chi connectivity index (χ2n) is 6.53. The van der Waals surface area contributed by atoms with E-state index >= 15 is 0 Å². The smallest absolute Gasteiger partial charge is 0.306 e. The summed E-state index contributed by atoms with van der Waals surface area (Å²) in [7, 11) is 0. The second kappa shape index (κ2) is 4.91. The van der Waals surface area contributed by atoms with Gasteiger partial charge in [0.25, 0.3) is 0 Å². The molecule has 19 heavy (non-hydrogen) atoms. The van der Waals surface area contributed by atoms with Crippen molar-refractivity contribution in [1.82, 2.24) is 0 Å². The first-order chi connectivity index (χ1) is 8.74. The summed E-state index contributed by atoms with van der Waals surface area (Å²) in [6.45, 7) is 5.44. The Labute approximate surface area is 114 Å². The molecular formula is C15H24O4. The van der Waals surface area contributed by atoms with Gasteiger partial charge in [0.1, 0.15) is 0 Å². The molecule has 0 heterocycles. The Hall–Kier alpha value is -0.870. The number of hydrogen-bond donors (Lipinski definition) is 3. The van der Waals surface area contributed by atoms with E-state index < -0.39 is 23.6 Å². The molecule has 0 spiro atoms. The van der Waals surface area contributed by atoms with Crippen molar-refractivity contribution >= 4 is 5.97 Å². The van der Waals surface area contributed by atoms with E-state index in [0.29, 0.717) is 12.8 Å². The number of allylic oxidation sites excluding steroid dienone is 1. The van der Waals surface area contributed by atoms with Crippen molar-refractivity contribution in [1.29, 1.82) is 0 Å². The summed E-state index contributed by atoms with van der Waals surface area (Å²) in [5.41, 5.74) is 0.0962. The zero-order valence-electron chi connectivity index (χ0n) is 11.8. The van der Waals surface area contributed by atoms with E-state index in [0.717, 1.165) is 12.0 Å². The molecule has 108 valence electrons. The molecular weight excluding hydrogens is 244 g/mol. The van der Waals surface area contributed by atoms with Crippen molar-refractivity contribution in [2.75, 3.05) is 0 Å². The fourth-order valence-electron chi connectivity index (χ4n) is 3.81. The molecule has 4 nitrogen and oxygen atoms in total. The van der Waals surface area contributed by atoms with E-state index in [1.807, 2.05) is 19.9 Å². The van der Waals surface area contributed by atoms with Crippen LogP contribution in [0.5, 0.6) is 0 Å². The number of aliphatic hydroxyl groups excluding tert-OH is 1. The van der Waals surface area contributed by atoms with Gasteiger partial charge >= 0.3 is 5.97 Å². The molecule has 2 rings (SSSR count). The lowest BCUT2D eigenvalue weighted by Crippen LogP contribution is -2.51. The maximum absolute atomic E-state index is 11.2. The van der Waals surface area contributed by atoms with Gasteiger partial charge in [-0.1, -0.05) is 13.0 Å². The highest BCUT2D eigenvalue weighted by Crippen LogP contribution is 2.49. The van der Waals surface area contributed by atoms with E-state index in [4.69, 9.17) is 0 Å². The Balaban J connectivity index is 2.33. The first-order valence-electron chi connectivity index (χ1n) is 7.05. The van der Waals surface area contributed by atoms with Crippen LogP contribution in [0.2, 0.25) is 0 Å². The molecule has 0 aromatic heterocycles. The molecule has 3 N–H and O–H groups in total. The Bertz CT molecular complexity index is 399. The van der Waals surface area contributed by atoms with Gasteiger partial charge in [0.2, 0.25) is 0 Å². The standard InChI is InChI=1S/C15H24O4/c1-8-6-11-10(9(2)14(17)18)4-5-15(3,19)12(11)7-13(8)16/h6,9-13,16,19H,4-5,7H2,1-3H3,(H,17,18)/t9?,10-,11-,12+,13-,15+/m0/s1. The molecule has 0 aliphatic heterocycles. The summed E-state index contributed by atoms with van der Waals surface area (Å²) >= 11 is 0. The van der Waals surface area contributed by atoms with Crippen LogP contribution < -0.4 is 0 Å². The molecule has 1 fully saturated rings. The van der Waals surface area contributed by atoms with Gasteiger partial charge in [-0.3, -0.25) is 4.79 Å². The van der Waals surface area contributed by atoms with Gasteiger partial charge in [0.05, 0.1) is 17.6 Å². The number of rotatable bonds is 2. The molecule has 0 amide bonds. The molecule has 1 saturated carbocycles. The summed E-state index contributed by atoms with van der Waals surface area (Å²) in [6, 6.07) is 0. The molecule has 2 aliphatic carbocycles. The fraction of sp³-hybridized carbons (Fsp3) is 0.800. The van der Waals surface area contributed by atoms with Crippen molar-refractivity contribution in [3.05, 3.63) is 11.6 Å². The van der Waals surface area contributed by atoms with Gasteiger partial charge in [-0.2, -0.15) is 0 Å². The minimum Gasteiger partial charge on any atom is -0.481 e. The van der Waals surface area contributed by atoms with Gasteiger partial charge in [-0.25, -0.2) is 0 Å². The molecule has 0 bridgehead atoms. The minimum atomic E-state index is -0.808. The monoisotopic (exact) mass is 268 g/mol. The van der Waals surface area contributed by atoms with Gasteiger partial charge in [-0.05, 0) is 56.4 Å². The predicted octanol–water partition coefficient (Wildman–Crippen LogP) is 1.81. The number of aliphatic hydroxyl groups is 2. The summed E-state index contributed by atoms with van der Waals surface area (Å²) < 4.78 is 0. The molecule has 4 heteroatoms. The highest BCUT2D eigenvalue weighted by atomic mass is 16.4. The van der Waals surface area contributed by atoms with Crippen LogP contribution in [0.1, 0.15) is 40.0 Å². The second-order valence-corrected chi connectivity index (χ2v) is 6.53. The van der Waals surface area contributed by atoms with Gasteiger partial charge in [-0.15, -0.1) is 0 Å². The van der Waals surface area contributed by atoms with Crippen LogP contribution in [0.3, 0.4) is 0 Å². The number of aliphatic carboxylic acids is 1. The van der Waals surface area contributed by atoms with Gasteiger partial charge < -0.3 is 15.3 Å². The lowest BCUT2D eigenvalue weighted by atomic mass is 9.58. The predicted molar refractivity (Wildman–Crippen MR) is 71.5 cm³/mol. The summed E-state index contributed by atoms with van der Waals surface area (Å²) in [5, 5.41) is 29.8. The quantitative estimate of drug-likeness (QED) is 0.667. The first-order valence-corrected chi connectivity index (χ1v) is 7.05. The van der Waals surface area contributed by atoms with Crippen molar-refractivity contribution in [2.45, 2.75) is 51.7 Å². The summed E-state index contributed by atoms with van der Waals surface area (Å²) in [5.74, 6) is -1.14. The number of carboxylic acid groups (broad SMARTS) is 1. The zero-order valence-corrected chi connectivity index (χ0v) is 11.8. The third-order valence-corrected chi connectivity index (χ3v) is 5.23. The van der Waals surface area contributed by atoms with Crippen molar-refractivity contribution in [3.63, 3.8) is 0 Å². The Morgan fingerprint density at radius 2 is 2.16 bits per heavy atom. The van der Waals surface area contributed by atoms with Crippen LogP contribution >= 0.6 is 0 Å². The third kappa shape index (κ3) is 2.56. The van der Waals surface area contributed by atoms with E-state index in [-0.39, 0.29) is 17.8 Å². The number of fused-ring (bicyclic) bond motifs is 1. The van der Waals surface area contributed by atoms with Crippen LogP contribution in [0.25, 0.3) is 0 Å². The van der Waals surface area contributed by atoms with Crippen molar-refractivity contribution in [3.8, 4) is 0 Å². The lowest BCUT2D eigenvalue weighted by molar-refractivity contribution is -0.148. The van der Waals surface area contributed by atoms with Crippen LogP contribution in [0, 0.1) is 23.7 Å². The molecule has 0 saturated heterocycles. The maximum atomic E-state index is 11.2. The highest BCUT2D eigenvalue weighted by molar-refractivity contribution is 5.70. The van der Waals surface area contributed by atoms with E-state index in [1.165, 1.54) is 0 Å². The van der Waals surface area contributed by atoms with Gasteiger partial charge in [0.15, 0.2) is 0 Å². The first kappa shape index (κ1) is 14.5. The number of carbonyl (C=O) groups is 1. The van der Waals surface area contributed by atoms with Crippen LogP contribution in [-0.4, -0.2) is 33.0 Å². The SMILES string of the molecule is CC1=C[C@@H]2[C@@H](C[C@@H]1O)[C@](C)(O)CC[C@H]2C(C)C(=O)O. The molecule has 0 aromatic rings. The lowest BCUT2D eigenvalue weighted by Gasteiger charge is -2.50. The highest BCUT2D eigenvalue weighted by Gasteiger charge is 2.49. The minimum absolute atomic E-state index is 0.0465. The zero-order chi connectivity index (χ0) is 14.4. The molecule has 0 radical (unpaired) electrons. The summed E-state index contributed by atoms with van der Waals surface area (Å²) in [4.78, 5) is 11.2. The normalized spacial score (nSPS) is 44.2.